The Morgan fingerprint density at radius 2 is 1.76 bits per heavy atom. The van der Waals surface area contributed by atoms with Crippen molar-refractivity contribution in [3.63, 3.8) is 0 Å². The van der Waals surface area contributed by atoms with Crippen molar-refractivity contribution in [1.82, 2.24) is 10.2 Å². The van der Waals surface area contributed by atoms with Gasteiger partial charge in [-0.15, -0.1) is 0 Å². The number of carbonyl (C=O) groups excluding carboxylic acids is 2. The Balaban J connectivity index is 1.90. The van der Waals surface area contributed by atoms with E-state index in [4.69, 9.17) is 4.74 Å². The van der Waals surface area contributed by atoms with Crippen molar-refractivity contribution >= 4 is 11.8 Å². The third-order valence-electron chi connectivity index (χ3n) is 4.03. The number of carbonyl (C=O) groups is 2. The van der Waals surface area contributed by atoms with Crippen LogP contribution in [0.1, 0.15) is 28.4 Å². The van der Waals surface area contributed by atoms with Gasteiger partial charge in [-0.3, -0.25) is 9.59 Å². The summed E-state index contributed by atoms with van der Waals surface area (Å²) >= 11 is 0. The van der Waals surface area contributed by atoms with Gasteiger partial charge in [0.15, 0.2) is 0 Å². The van der Waals surface area contributed by atoms with Crippen molar-refractivity contribution < 1.29 is 14.3 Å². The molecule has 5 nitrogen and oxygen atoms in total. The zero-order chi connectivity index (χ0) is 18.2. The molecule has 2 rings (SSSR count). The second kappa shape index (κ2) is 8.87. The number of benzene rings is 2. The fourth-order valence-electron chi connectivity index (χ4n) is 2.53. The van der Waals surface area contributed by atoms with Gasteiger partial charge in [0.05, 0.1) is 7.11 Å². The number of aryl methyl sites for hydroxylation is 1. The van der Waals surface area contributed by atoms with Crippen molar-refractivity contribution in [3.8, 4) is 5.75 Å². The Morgan fingerprint density at radius 1 is 1.08 bits per heavy atom. The molecular formula is C20H24N2O3. The average Bonchev–Trinajstić information content (AvgIpc) is 2.61. The van der Waals surface area contributed by atoms with Crippen molar-refractivity contribution in [2.45, 2.75) is 20.4 Å². The molecule has 25 heavy (non-hydrogen) atoms. The minimum atomic E-state index is -0.119. The summed E-state index contributed by atoms with van der Waals surface area (Å²) in [5.41, 5.74) is 2.61. The first-order valence-corrected chi connectivity index (χ1v) is 8.23. The molecule has 5 heteroatoms. The minimum Gasteiger partial charge on any atom is -0.497 e. The van der Waals surface area contributed by atoms with Crippen LogP contribution < -0.4 is 10.1 Å². The lowest BCUT2D eigenvalue weighted by atomic mass is 10.1. The molecule has 0 aromatic heterocycles. The topological polar surface area (TPSA) is 58.6 Å². The van der Waals surface area contributed by atoms with E-state index in [0.29, 0.717) is 25.2 Å². The Labute approximate surface area is 148 Å². The number of rotatable bonds is 7. The van der Waals surface area contributed by atoms with Gasteiger partial charge < -0.3 is 15.0 Å². The molecule has 1 N–H and O–H groups in total. The monoisotopic (exact) mass is 340 g/mol. The second-order valence-corrected chi connectivity index (χ2v) is 5.86. The molecule has 0 aliphatic carbocycles. The molecule has 0 aliphatic heterocycles. The van der Waals surface area contributed by atoms with Crippen LogP contribution in [0.15, 0.2) is 48.5 Å². The first-order valence-electron chi connectivity index (χ1n) is 8.23. The highest BCUT2D eigenvalue weighted by Crippen LogP contribution is 2.13. The Hall–Kier alpha value is -2.82. The molecule has 2 amide bonds. The molecule has 0 heterocycles. The first kappa shape index (κ1) is 18.5. The number of nitrogens with zero attached hydrogens (tertiary/aromatic N) is 1. The van der Waals surface area contributed by atoms with Crippen molar-refractivity contribution in [2.75, 3.05) is 20.2 Å². The quantitative estimate of drug-likeness (QED) is 0.843. The summed E-state index contributed by atoms with van der Waals surface area (Å²) in [5, 5.41) is 2.88. The van der Waals surface area contributed by atoms with E-state index in [0.717, 1.165) is 16.9 Å². The number of nitrogens with one attached hydrogen (secondary N) is 1. The normalized spacial score (nSPS) is 10.2. The zero-order valence-electron chi connectivity index (χ0n) is 14.9. The highest BCUT2D eigenvalue weighted by atomic mass is 16.5. The SMILES string of the molecule is COc1ccc(CN(CCNC(=O)c2ccccc2C)C(C)=O)cc1. The van der Waals surface area contributed by atoms with Gasteiger partial charge in [-0.05, 0) is 36.2 Å². The highest BCUT2D eigenvalue weighted by Gasteiger charge is 2.12. The molecule has 0 radical (unpaired) electrons. The summed E-state index contributed by atoms with van der Waals surface area (Å²) in [6.07, 6.45) is 0. The van der Waals surface area contributed by atoms with E-state index in [1.54, 1.807) is 18.1 Å². The van der Waals surface area contributed by atoms with E-state index in [1.165, 1.54) is 6.92 Å². The van der Waals surface area contributed by atoms with Gasteiger partial charge in [-0.1, -0.05) is 30.3 Å². The fraction of sp³-hybridized carbons (Fsp3) is 0.300. The summed E-state index contributed by atoms with van der Waals surface area (Å²) in [7, 11) is 1.62. The third kappa shape index (κ3) is 5.35. The number of hydrogen-bond donors (Lipinski definition) is 1. The molecule has 2 aromatic rings. The van der Waals surface area contributed by atoms with Crippen LogP contribution in [0.4, 0.5) is 0 Å². The Kier molecular flexibility index (Phi) is 6.57. The fourth-order valence-corrected chi connectivity index (χ4v) is 2.53. The van der Waals surface area contributed by atoms with Crippen LogP contribution in [-0.4, -0.2) is 36.9 Å². The molecule has 2 aromatic carbocycles. The van der Waals surface area contributed by atoms with Gasteiger partial charge in [-0.2, -0.15) is 0 Å². The van der Waals surface area contributed by atoms with Gasteiger partial charge >= 0.3 is 0 Å². The molecule has 0 saturated carbocycles. The Bertz CT molecular complexity index is 726. The number of hydrogen-bond acceptors (Lipinski definition) is 3. The van der Waals surface area contributed by atoms with Crippen LogP contribution in [0.25, 0.3) is 0 Å². The maximum Gasteiger partial charge on any atom is 0.251 e. The zero-order valence-corrected chi connectivity index (χ0v) is 14.9. The minimum absolute atomic E-state index is 0.0269. The maximum absolute atomic E-state index is 12.2. The average molecular weight is 340 g/mol. The van der Waals surface area contributed by atoms with Gasteiger partial charge in [0.1, 0.15) is 5.75 Å². The van der Waals surface area contributed by atoms with Crippen LogP contribution in [0.3, 0.4) is 0 Å². The maximum atomic E-state index is 12.2. The molecule has 0 spiro atoms. The van der Waals surface area contributed by atoms with Crippen LogP contribution in [-0.2, 0) is 11.3 Å². The highest BCUT2D eigenvalue weighted by molar-refractivity contribution is 5.95. The van der Waals surface area contributed by atoms with Crippen molar-refractivity contribution in [2.24, 2.45) is 0 Å². The lowest BCUT2D eigenvalue weighted by Gasteiger charge is -2.21. The molecule has 0 aliphatic rings. The van der Waals surface area contributed by atoms with Crippen molar-refractivity contribution in [3.05, 3.63) is 65.2 Å². The standard InChI is InChI=1S/C20H24N2O3/c1-15-6-4-5-7-19(15)20(24)21-12-13-22(16(2)23)14-17-8-10-18(25-3)11-9-17/h4-11H,12-14H2,1-3H3,(H,21,24). The van der Waals surface area contributed by atoms with E-state index in [9.17, 15) is 9.59 Å². The molecule has 0 atom stereocenters. The summed E-state index contributed by atoms with van der Waals surface area (Å²) in [6.45, 7) is 4.80. The van der Waals surface area contributed by atoms with Gasteiger partial charge in [0, 0.05) is 32.1 Å². The molecular weight excluding hydrogens is 316 g/mol. The summed E-state index contributed by atoms with van der Waals surface area (Å²) in [5.74, 6) is 0.635. The van der Waals surface area contributed by atoms with Crippen LogP contribution in [0.5, 0.6) is 5.75 Å². The summed E-state index contributed by atoms with van der Waals surface area (Å²) < 4.78 is 5.14. The van der Waals surface area contributed by atoms with E-state index < -0.39 is 0 Å². The van der Waals surface area contributed by atoms with E-state index in [2.05, 4.69) is 5.32 Å². The lowest BCUT2D eigenvalue weighted by Crippen LogP contribution is -2.37. The first-order chi connectivity index (χ1) is 12.0. The predicted octanol–water partition coefficient (Wildman–Crippen LogP) is 2.78. The van der Waals surface area contributed by atoms with Crippen LogP contribution in [0.2, 0.25) is 0 Å². The van der Waals surface area contributed by atoms with E-state index in [1.807, 2.05) is 49.4 Å². The number of ether oxygens (including phenoxy) is 1. The van der Waals surface area contributed by atoms with Crippen LogP contribution in [0, 0.1) is 6.92 Å². The third-order valence-corrected chi connectivity index (χ3v) is 4.03. The molecule has 0 bridgehead atoms. The molecule has 0 saturated heterocycles. The predicted molar refractivity (Wildman–Crippen MR) is 97.6 cm³/mol. The molecule has 132 valence electrons. The molecule has 0 fully saturated rings. The second-order valence-electron chi connectivity index (χ2n) is 5.86. The smallest absolute Gasteiger partial charge is 0.251 e. The van der Waals surface area contributed by atoms with Crippen molar-refractivity contribution in [1.29, 1.82) is 0 Å². The lowest BCUT2D eigenvalue weighted by molar-refractivity contribution is -0.129. The van der Waals surface area contributed by atoms with E-state index >= 15 is 0 Å². The summed E-state index contributed by atoms with van der Waals surface area (Å²) in [4.78, 5) is 25.8. The van der Waals surface area contributed by atoms with Crippen LogP contribution >= 0.6 is 0 Å². The van der Waals surface area contributed by atoms with Gasteiger partial charge in [0.2, 0.25) is 5.91 Å². The number of methoxy groups -OCH3 is 1. The summed E-state index contributed by atoms with van der Waals surface area (Å²) in [6, 6.07) is 15.0. The Morgan fingerprint density at radius 3 is 2.36 bits per heavy atom. The van der Waals surface area contributed by atoms with Gasteiger partial charge in [-0.25, -0.2) is 0 Å². The van der Waals surface area contributed by atoms with Gasteiger partial charge in [0.25, 0.3) is 5.91 Å². The van der Waals surface area contributed by atoms with E-state index in [-0.39, 0.29) is 11.8 Å². The number of amides is 2. The molecule has 0 unspecified atom stereocenters. The largest absolute Gasteiger partial charge is 0.497 e.